The highest BCUT2D eigenvalue weighted by molar-refractivity contribution is 5.80. The summed E-state index contributed by atoms with van der Waals surface area (Å²) < 4.78 is 32.5. The molecule has 0 radical (unpaired) electrons. The van der Waals surface area contributed by atoms with Crippen LogP contribution in [0.2, 0.25) is 0 Å². The second kappa shape index (κ2) is 13.4. The van der Waals surface area contributed by atoms with Gasteiger partial charge in [0.1, 0.15) is 19.0 Å². The van der Waals surface area contributed by atoms with Crippen LogP contribution in [0.1, 0.15) is 42.9 Å². The van der Waals surface area contributed by atoms with Crippen LogP contribution in [0.25, 0.3) is 11.1 Å². The molecule has 5 rings (SSSR count). The monoisotopic (exact) mass is 588 g/mol. The Morgan fingerprint density at radius 1 is 1.02 bits per heavy atom. The van der Waals surface area contributed by atoms with Gasteiger partial charge in [-0.1, -0.05) is 72.8 Å². The van der Waals surface area contributed by atoms with E-state index in [-0.39, 0.29) is 50.6 Å². The van der Waals surface area contributed by atoms with Gasteiger partial charge in [0.25, 0.3) is 0 Å². The normalized spacial score (nSPS) is 21.5. The van der Waals surface area contributed by atoms with Crippen LogP contribution in [0, 0.1) is 5.82 Å². The number of carbonyl (C=O) groups excluding carboxylic acids is 3. The predicted molar refractivity (Wildman–Crippen MR) is 159 cm³/mol. The number of nitrogens with zero attached hydrogens (tertiary/aromatic N) is 1. The number of carbonyl (C=O) groups is 3. The van der Waals surface area contributed by atoms with Crippen molar-refractivity contribution in [2.45, 2.75) is 63.3 Å². The summed E-state index contributed by atoms with van der Waals surface area (Å²) in [6, 6.07) is 21.3. The lowest BCUT2D eigenvalue weighted by atomic mass is 9.84. The molecule has 226 valence electrons. The fourth-order valence-corrected chi connectivity index (χ4v) is 6.37. The minimum absolute atomic E-state index is 0.0576. The minimum Gasteiger partial charge on any atom is -0.469 e. The van der Waals surface area contributed by atoms with E-state index in [1.54, 1.807) is 23.1 Å². The molecule has 3 aromatic carbocycles. The largest absolute Gasteiger partial charge is 0.469 e. The summed E-state index contributed by atoms with van der Waals surface area (Å²) in [4.78, 5) is 39.3. The molecule has 0 aliphatic carbocycles. The number of ether oxygens (including phenoxy) is 3. The van der Waals surface area contributed by atoms with Crippen molar-refractivity contribution in [1.82, 2.24) is 10.2 Å². The number of halogens is 1. The van der Waals surface area contributed by atoms with Crippen LogP contribution >= 0.6 is 0 Å². The van der Waals surface area contributed by atoms with Crippen molar-refractivity contribution in [3.8, 4) is 11.1 Å². The molecule has 9 heteroatoms. The number of nitrogens with one attached hydrogen (secondary N) is 1. The quantitative estimate of drug-likeness (QED) is 0.345. The fraction of sp³-hybridized carbons (Fsp3) is 0.382. The number of esters is 1. The highest BCUT2D eigenvalue weighted by Crippen LogP contribution is 2.39. The van der Waals surface area contributed by atoms with E-state index in [2.05, 4.69) is 5.32 Å². The van der Waals surface area contributed by atoms with Crippen LogP contribution in [0.15, 0.2) is 72.8 Å². The van der Waals surface area contributed by atoms with E-state index in [1.807, 2.05) is 61.5 Å². The third-order valence-electron chi connectivity index (χ3n) is 8.36. The van der Waals surface area contributed by atoms with Crippen LogP contribution in [0.5, 0.6) is 0 Å². The summed E-state index contributed by atoms with van der Waals surface area (Å²) in [6.45, 7) is 2.16. The van der Waals surface area contributed by atoms with Crippen molar-refractivity contribution in [3.63, 3.8) is 0 Å². The number of rotatable bonds is 9. The number of hydrogen-bond donors (Lipinski definition) is 1. The summed E-state index contributed by atoms with van der Waals surface area (Å²) in [5.41, 5.74) is 2.50. The molecule has 0 saturated carbocycles. The zero-order valence-electron chi connectivity index (χ0n) is 24.5. The first kappa shape index (κ1) is 30.2. The van der Waals surface area contributed by atoms with E-state index in [4.69, 9.17) is 14.2 Å². The zero-order chi connectivity index (χ0) is 30.4. The number of morpholine rings is 1. The van der Waals surface area contributed by atoms with Gasteiger partial charge in [0, 0.05) is 18.0 Å². The molecule has 0 aromatic heterocycles. The summed E-state index contributed by atoms with van der Waals surface area (Å²) in [5, 5.41) is 3.09. The van der Waals surface area contributed by atoms with Gasteiger partial charge in [0.2, 0.25) is 5.91 Å². The topological polar surface area (TPSA) is 94.2 Å². The van der Waals surface area contributed by atoms with Crippen molar-refractivity contribution in [1.29, 1.82) is 0 Å². The van der Waals surface area contributed by atoms with Gasteiger partial charge in [-0.15, -0.1) is 0 Å². The second-order valence-electron chi connectivity index (χ2n) is 11.3. The Morgan fingerprint density at radius 2 is 1.74 bits per heavy atom. The lowest BCUT2D eigenvalue weighted by Gasteiger charge is -2.41. The molecule has 2 saturated heterocycles. The van der Waals surface area contributed by atoms with E-state index in [0.717, 1.165) is 16.7 Å². The molecular formula is C34H37FN2O6. The van der Waals surface area contributed by atoms with E-state index < -0.39 is 23.5 Å². The third kappa shape index (κ3) is 6.72. The summed E-state index contributed by atoms with van der Waals surface area (Å²) in [5.74, 6) is -0.938. The SMILES string of the molecule is COC(=O)CCCc1ccccc1-c1cccc(CC2N(C(=O)OCc3ccccc3)[C@H](C)CC23COCC(=O)N3)c1F. The molecule has 2 amide bonds. The third-order valence-corrected chi connectivity index (χ3v) is 8.36. The molecule has 8 nitrogen and oxygen atoms in total. The number of likely N-dealkylation sites (tertiary alicyclic amines) is 1. The molecule has 2 aliphatic heterocycles. The van der Waals surface area contributed by atoms with Gasteiger partial charge in [0.05, 0.1) is 25.3 Å². The van der Waals surface area contributed by atoms with Gasteiger partial charge in [-0.25, -0.2) is 9.18 Å². The van der Waals surface area contributed by atoms with Crippen molar-refractivity contribution < 1.29 is 33.0 Å². The molecule has 2 unspecified atom stereocenters. The Morgan fingerprint density at radius 3 is 2.51 bits per heavy atom. The standard InChI is InChI=1S/C34H37FN2O6/c1-23-19-34(22-42-21-30(38)36-34)29(37(23)33(40)43-20-24-10-4-3-5-11-24)18-26-14-8-16-28(32(26)35)27-15-7-6-12-25(27)13-9-17-31(39)41-2/h3-8,10-12,14-16,23,29H,9,13,17-22H2,1-2H3,(H,36,38)/t23-,29?,34?/m1/s1. The van der Waals surface area contributed by atoms with Gasteiger partial charge >= 0.3 is 12.1 Å². The van der Waals surface area contributed by atoms with E-state index >= 15 is 4.39 Å². The molecule has 3 aromatic rings. The Bertz CT molecular complexity index is 1460. The first-order valence-electron chi connectivity index (χ1n) is 14.6. The fourth-order valence-electron chi connectivity index (χ4n) is 6.37. The van der Waals surface area contributed by atoms with Crippen molar-refractivity contribution in [3.05, 3.63) is 95.3 Å². The molecule has 2 aliphatic rings. The van der Waals surface area contributed by atoms with Gasteiger partial charge in [-0.3, -0.25) is 14.5 Å². The van der Waals surface area contributed by atoms with Crippen LogP contribution in [-0.4, -0.2) is 60.8 Å². The number of aryl methyl sites for hydroxylation is 1. The highest BCUT2D eigenvalue weighted by Gasteiger charge is 2.55. The number of benzene rings is 3. The zero-order valence-corrected chi connectivity index (χ0v) is 24.5. The van der Waals surface area contributed by atoms with Gasteiger partial charge < -0.3 is 19.5 Å². The molecular weight excluding hydrogens is 551 g/mol. The maximum absolute atomic E-state index is 16.4. The maximum Gasteiger partial charge on any atom is 0.410 e. The molecule has 2 fully saturated rings. The summed E-state index contributed by atoms with van der Waals surface area (Å²) >= 11 is 0. The van der Waals surface area contributed by atoms with Crippen LogP contribution in [0.4, 0.5) is 9.18 Å². The lowest BCUT2D eigenvalue weighted by Crippen LogP contribution is -2.64. The Hall–Kier alpha value is -4.24. The second-order valence-corrected chi connectivity index (χ2v) is 11.3. The van der Waals surface area contributed by atoms with Gasteiger partial charge in [-0.2, -0.15) is 0 Å². The van der Waals surface area contributed by atoms with Crippen molar-refractivity contribution >= 4 is 18.0 Å². The number of amides is 2. The number of methoxy groups -OCH3 is 1. The van der Waals surface area contributed by atoms with E-state index in [1.165, 1.54) is 7.11 Å². The minimum atomic E-state index is -0.880. The average molecular weight is 589 g/mol. The molecule has 3 atom stereocenters. The smallest absolute Gasteiger partial charge is 0.410 e. The molecule has 1 N–H and O–H groups in total. The first-order valence-corrected chi connectivity index (χ1v) is 14.6. The molecule has 0 bridgehead atoms. The van der Waals surface area contributed by atoms with E-state index in [0.29, 0.717) is 30.4 Å². The lowest BCUT2D eigenvalue weighted by molar-refractivity contribution is -0.140. The average Bonchev–Trinajstić information content (AvgIpc) is 3.26. The van der Waals surface area contributed by atoms with E-state index in [9.17, 15) is 14.4 Å². The Labute approximate surface area is 251 Å². The van der Waals surface area contributed by atoms with Crippen LogP contribution < -0.4 is 5.32 Å². The highest BCUT2D eigenvalue weighted by atomic mass is 19.1. The van der Waals surface area contributed by atoms with Gasteiger partial charge in [-0.05, 0) is 54.9 Å². The van der Waals surface area contributed by atoms with Crippen molar-refractivity contribution in [2.75, 3.05) is 20.3 Å². The summed E-state index contributed by atoms with van der Waals surface area (Å²) in [7, 11) is 1.36. The number of hydrogen-bond acceptors (Lipinski definition) is 6. The predicted octanol–water partition coefficient (Wildman–Crippen LogP) is 5.22. The van der Waals surface area contributed by atoms with Crippen molar-refractivity contribution in [2.24, 2.45) is 0 Å². The molecule has 1 spiro atoms. The van der Waals surface area contributed by atoms with Crippen LogP contribution in [0.3, 0.4) is 0 Å². The molecule has 2 heterocycles. The first-order chi connectivity index (χ1) is 20.8. The molecule has 43 heavy (non-hydrogen) atoms. The summed E-state index contributed by atoms with van der Waals surface area (Å²) in [6.07, 6.45) is 1.52. The van der Waals surface area contributed by atoms with Crippen LogP contribution in [-0.2, 0) is 43.2 Å². The Balaban J connectivity index is 1.44. The Kier molecular flexibility index (Phi) is 9.40. The maximum atomic E-state index is 16.4. The van der Waals surface area contributed by atoms with Gasteiger partial charge in [0.15, 0.2) is 0 Å².